The van der Waals surface area contributed by atoms with Gasteiger partial charge >= 0.3 is 0 Å². The van der Waals surface area contributed by atoms with Crippen LogP contribution in [0.1, 0.15) is 24.5 Å². The second-order valence-electron chi connectivity index (χ2n) is 2.98. The molecule has 1 amide bonds. The van der Waals surface area contributed by atoms with E-state index in [0.29, 0.717) is 5.82 Å². The third-order valence-corrected chi connectivity index (χ3v) is 1.94. The Labute approximate surface area is 87.7 Å². The number of nitrogens with one attached hydrogen (secondary N) is 1. The molecule has 0 bridgehead atoms. The van der Waals surface area contributed by atoms with Crippen LogP contribution in [0.3, 0.4) is 0 Å². The van der Waals surface area contributed by atoms with E-state index in [4.69, 9.17) is 11.6 Å². The van der Waals surface area contributed by atoms with Crippen LogP contribution in [0.4, 0.5) is 0 Å². The third kappa shape index (κ3) is 2.96. The van der Waals surface area contributed by atoms with Crippen molar-refractivity contribution in [3.63, 3.8) is 0 Å². The summed E-state index contributed by atoms with van der Waals surface area (Å²) in [6.07, 6.45) is 1.67. The zero-order valence-electron chi connectivity index (χ0n) is 8.12. The van der Waals surface area contributed by atoms with E-state index in [0.717, 1.165) is 5.69 Å². The number of hydrogen-bond donors (Lipinski definition) is 1. The van der Waals surface area contributed by atoms with Gasteiger partial charge in [-0.2, -0.15) is 0 Å². The Morgan fingerprint density at radius 2 is 2.43 bits per heavy atom. The molecule has 0 radical (unpaired) electrons. The molecule has 0 aliphatic heterocycles. The maximum atomic E-state index is 11.0. The van der Waals surface area contributed by atoms with Crippen LogP contribution in [0.15, 0.2) is 12.3 Å². The fraction of sp³-hybridized carbons (Fsp3) is 0.444. The van der Waals surface area contributed by atoms with Crippen LogP contribution in [-0.4, -0.2) is 21.8 Å². The number of halogens is 1. The molecule has 1 N–H and O–H groups in total. The molecule has 0 aromatic carbocycles. The van der Waals surface area contributed by atoms with Gasteiger partial charge in [0, 0.05) is 11.9 Å². The van der Waals surface area contributed by atoms with Crippen LogP contribution in [-0.2, 0) is 4.79 Å². The first-order chi connectivity index (χ1) is 6.63. The van der Waals surface area contributed by atoms with Gasteiger partial charge in [0.05, 0.1) is 6.04 Å². The second-order valence-corrected chi connectivity index (χ2v) is 3.25. The Hall–Kier alpha value is -1.16. The third-order valence-electron chi connectivity index (χ3n) is 1.70. The summed E-state index contributed by atoms with van der Waals surface area (Å²) in [5.74, 6) is 0.337. The first-order valence-electron chi connectivity index (χ1n) is 4.28. The number of rotatable bonds is 3. The predicted molar refractivity (Wildman–Crippen MR) is 54.0 cm³/mol. The summed E-state index contributed by atoms with van der Waals surface area (Å²) in [7, 11) is 0. The smallest absolute Gasteiger partial charge is 0.235 e. The summed E-state index contributed by atoms with van der Waals surface area (Å²) in [5.41, 5.74) is 0.877. The minimum atomic E-state index is -0.218. The molecule has 14 heavy (non-hydrogen) atoms. The Bertz CT molecular complexity index is 330. The lowest BCUT2D eigenvalue weighted by Crippen LogP contribution is -2.28. The molecule has 0 aliphatic carbocycles. The lowest BCUT2D eigenvalue weighted by atomic mass is 10.3. The van der Waals surface area contributed by atoms with E-state index in [9.17, 15) is 4.79 Å². The summed E-state index contributed by atoms with van der Waals surface area (Å²) in [6, 6.07) is 1.60. The normalized spacial score (nSPS) is 12.2. The van der Waals surface area contributed by atoms with Crippen molar-refractivity contribution in [3.05, 3.63) is 23.8 Å². The van der Waals surface area contributed by atoms with Crippen molar-refractivity contribution in [2.75, 3.05) is 5.88 Å². The Morgan fingerprint density at radius 1 is 1.71 bits per heavy atom. The van der Waals surface area contributed by atoms with Crippen LogP contribution >= 0.6 is 11.6 Å². The van der Waals surface area contributed by atoms with Crippen LogP contribution in [0, 0.1) is 6.92 Å². The number of carbonyl (C=O) groups excluding carboxylic acids is 1. The molecule has 76 valence electrons. The average molecular weight is 214 g/mol. The minimum absolute atomic E-state index is 0.0455. The molecular weight excluding hydrogens is 202 g/mol. The summed E-state index contributed by atoms with van der Waals surface area (Å²) in [4.78, 5) is 19.2. The second kappa shape index (κ2) is 4.91. The maximum absolute atomic E-state index is 11.0. The molecule has 1 atom stereocenters. The van der Waals surface area contributed by atoms with Crippen LogP contribution in [0.2, 0.25) is 0 Å². The highest BCUT2D eigenvalue weighted by atomic mass is 35.5. The molecule has 1 heterocycles. The molecule has 0 saturated heterocycles. The van der Waals surface area contributed by atoms with Gasteiger partial charge in [-0.15, -0.1) is 11.6 Å². The highest BCUT2D eigenvalue weighted by Crippen LogP contribution is 2.05. The molecule has 1 aromatic rings. The Morgan fingerprint density at radius 3 is 3.00 bits per heavy atom. The molecule has 0 saturated carbocycles. The predicted octanol–water partition coefficient (Wildman–Crippen LogP) is 1.20. The number of alkyl halides is 1. The van der Waals surface area contributed by atoms with Gasteiger partial charge in [0.1, 0.15) is 11.7 Å². The molecule has 0 fully saturated rings. The number of aromatic nitrogens is 2. The number of nitrogens with zero attached hydrogens (tertiary/aromatic N) is 2. The van der Waals surface area contributed by atoms with Crippen molar-refractivity contribution in [1.82, 2.24) is 15.3 Å². The topological polar surface area (TPSA) is 54.9 Å². The highest BCUT2D eigenvalue weighted by Gasteiger charge is 2.10. The van der Waals surface area contributed by atoms with Gasteiger partial charge < -0.3 is 5.32 Å². The molecule has 1 aromatic heterocycles. The maximum Gasteiger partial charge on any atom is 0.235 e. The van der Waals surface area contributed by atoms with Crippen molar-refractivity contribution in [3.8, 4) is 0 Å². The van der Waals surface area contributed by atoms with Gasteiger partial charge in [0.15, 0.2) is 0 Å². The van der Waals surface area contributed by atoms with Crippen molar-refractivity contribution in [2.45, 2.75) is 19.9 Å². The highest BCUT2D eigenvalue weighted by molar-refractivity contribution is 6.27. The lowest BCUT2D eigenvalue weighted by molar-refractivity contribution is -0.119. The first-order valence-corrected chi connectivity index (χ1v) is 4.82. The van der Waals surface area contributed by atoms with E-state index >= 15 is 0 Å². The van der Waals surface area contributed by atoms with Gasteiger partial charge in [-0.1, -0.05) is 0 Å². The monoisotopic (exact) mass is 213 g/mol. The number of carbonyl (C=O) groups is 1. The first kappa shape index (κ1) is 10.9. The average Bonchev–Trinajstić information content (AvgIpc) is 2.17. The quantitative estimate of drug-likeness (QED) is 0.768. The summed E-state index contributed by atoms with van der Waals surface area (Å²) < 4.78 is 0. The molecular formula is C9H12ClN3O. The Kier molecular flexibility index (Phi) is 3.83. The fourth-order valence-electron chi connectivity index (χ4n) is 1.02. The van der Waals surface area contributed by atoms with Gasteiger partial charge in [-0.3, -0.25) is 4.79 Å². The van der Waals surface area contributed by atoms with Gasteiger partial charge in [0.2, 0.25) is 5.91 Å². The van der Waals surface area contributed by atoms with Crippen molar-refractivity contribution < 1.29 is 4.79 Å². The molecule has 0 spiro atoms. The number of aryl methyl sites for hydroxylation is 1. The van der Waals surface area contributed by atoms with Crippen molar-refractivity contribution in [1.29, 1.82) is 0 Å². The van der Waals surface area contributed by atoms with Crippen LogP contribution in [0.5, 0.6) is 0 Å². The van der Waals surface area contributed by atoms with Crippen molar-refractivity contribution >= 4 is 17.5 Å². The lowest BCUT2D eigenvalue weighted by Gasteiger charge is -2.11. The van der Waals surface area contributed by atoms with E-state index in [1.165, 1.54) is 0 Å². The van der Waals surface area contributed by atoms with E-state index in [2.05, 4.69) is 15.3 Å². The summed E-state index contributed by atoms with van der Waals surface area (Å²) in [5, 5.41) is 2.68. The fourth-order valence-corrected chi connectivity index (χ4v) is 1.10. The van der Waals surface area contributed by atoms with E-state index in [1.54, 1.807) is 12.3 Å². The van der Waals surface area contributed by atoms with Crippen LogP contribution in [0.25, 0.3) is 0 Å². The van der Waals surface area contributed by atoms with E-state index in [-0.39, 0.29) is 17.8 Å². The number of amides is 1. The summed E-state index contributed by atoms with van der Waals surface area (Å²) >= 11 is 5.36. The molecule has 4 nitrogen and oxygen atoms in total. The minimum Gasteiger partial charge on any atom is -0.345 e. The molecule has 1 rings (SSSR count). The molecule has 5 heteroatoms. The van der Waals surface area contributed by atoms with E-state index in [1.807, 2.05) is 13.8 Å². The van der Waals surface area contributed by atoms with Gasteiger partial charge in [0.25, 0.3) is 0 Å². The van der Waals surface area contributed by atoms with Crippen molar-refractivity contribution in [2.24, 2.45) is 0 Å². The Balaban J connectivity index is 2.69. The largest absolute Gasteiger partial charge is 0.345 e. The molecule has 0 aliphatic rings. The summed E-state index contributed by atoms with van der Waals surface area (Å²) in [6.45, 7) is 3.69. The standard InChI is InChI=1S/C9H12ClN3O/c1-6-3-4-11-9(12-6)7(2)13-8(14)5-10/h3-4,7H,5H2,1-2H3,(H,13,14). The van der Waals surface area contributed by atoms with Gasteiger partial charge in [-0.25, -0.2) is 9.97 Å². The van der Waals surface area contributed by atoms with Crippen LogP contribution < -0.4 is 5.32 Å². The zero-order chi connectivity index (χ0) is 10.6. The number of hydrogen-bond acceptors (Lipinski definition) is 3. The van der Waals surface area contributed by atoms with E-state index < -0.39 is 0 Å². The molecule has 1 unspecified atom stereocenters. The SMILES string of the molecule is Cc1ccnc(C(C)NC(=O)CCl)n1. The van der Waals surface area contributed by atoms with Gasteiger partial charge in [-0.05, 0) is 19.9 Å². The zero-order valence-corrected chi connectivity index (χ0v) is 8.88.